The van der Waals surface area contributed by atoms with Crippen LogP contribution in [0, 0.1) is 11.8 Å². The molecule has 0 saturated heterocycles. The molecule has 5 heteroatoms. The topological polar surface area (TPSA) is 88.0 Å². The fraction of sp³-hybridized carbons (Fsp3) is 0.381. The lowest BCUT2D eigenvalue weighted by atomic mass is 9.94. The normalized spacial score (nSPS) is 11.6. The molecule has 3 N–H and O–H groups in total. The van der Waals surface area contributed by atoms with Crippen LogP contribution in [0.15, 0.2) is 46.6 Å². The highest BCUT2D eigenvalue weighted by atomic mass is 16.4. The molecule has 0 heterocycles. The Morgan fingerprint density at radius 3 is 2.04 bits per heavy atom. The summed E-state index contributed by atoms with van der Waals surface area (Å²) < 4.78 is 0. The average molecular weight is 353 g/mol. The zero-order chi connectivity index (χ0) is 19.3. The predicted octanol–water partition coefficient (Wildman–Crippen LogP) is 5.78. The van der Waals surface area contributed by atoms with E-state index in [4.69, 9.17) is 5.73 Å². The minimum absolute atomic E-state index is 0.136. The molecule has 0 spiro atoms. The van der Waals surface area contributed by atoms with E-state index in [-0.39, 0.29) is 5.56 Å². The molecule has 2 rings (SSSR count). The Bertz CT molecular complexity index is 780. The second-order valence-corrected chi connectivity index (χ2v) is 7.40. The van der Waals surface area contributed by atoms with Crippen molar-refractivity contribution in [2.24, 2.45) is 22.1 Å². The molecule has 0 radical (unpaired) electrons. The standard InChI is InChI=1S/C21H27N3O2/c1-13(2)9-15-11-17(12-16(20(15)22)10-14(3)4)23-24-19-8-6-5-7-18(19)21(25)26/h5-8,11-14H,9-10,22H2,1-4H3,(H,25,26). The van der Waals surface area contributed by atoms with Crippen molar-refractivity contribution >= 4 is 23.0 Å². The molecule has 5 nitrogen and oxygen atoms in total. The van der Waals surface area contributed by atoms with Crippen molar-refractivity contribution in [2.45, 2.75) is 40.5 Å². The molecule has 0 aliphatic heterocycles. The van der Waals surface area contributed by atoms with E-state index in [9.17, 15) is 9.90 Å². The largest absolute Gasteiger partial charge is 0.478 e. The minimum atomic E-state index is -1.02. The van der Waals surface area contributed by atoms with Crippen molar-refractivity contribution in [3.05, 3.63) is 53.1 Å². The van der Waals surface area contributed by atoms with Gasteiger partial charge in [0.2, 0.25) is 0 Å². The van der Waals surface area contributed by atoms with E-state index in [0.29, 0.717) is 23.2 Å². The summed E-state index contributed by atoms with van der Waals surface area (Å²) in [6, 6.07) is 10.5. The van der Waals surface area contributed by atoms with E-state index in [1.54, 1.807) is 18.2 Å². The van der Waals surface area contributed by atoms with E-state index in [1.165, 1.54) is 6.07 Å². The number of carboxylic acids is 1. The maximum Gasteiger partial charge on any atom is 0.337 e. The van der Waals surface area contributed by atoms with Gasteiger partial charge in [0.15, 0.2) is 0 Å². The second-order valence-electron chi connectivity index (χ2n) is 7.40. The number of carboxylic acid groups (broad SMARTS) is 1. The molecule has 0 aliphatic rings. The Kier molecular flexibility index (Phi) is 6.50. The Morgan fingerprint density at radius 2 is 1.54 bits per heavy atom. The summed E-state index contributed by atoms with van der Waals surface area (Å²) in [5.41, 5.74) is 10.5. The Labute approximate surface area is 155 Å². The molecular weight excluding hydrogens is 326 g/mol. The van der Waals surface area contributed by atoms with Gasteiger partial charge in [0, 0.05) is 5.69 Å². The smallest absolute Gasteiger partial charge is 0.337 e. The summed E-state index contributed by atoms with van der Waals surface area (Å²) in [6.07, 6.45) is 1.73. The van der Waals surface area contributed by atoms with Gasteiger partial charge in [-0.05, 0) is 60.1 Å². The molecule has 0 aliphatic carbocycles. The number of carbonyl (C=O) groups is 1. The quantitative estimate of drug-likeness (QED) is 0.488. The number of rotatable bonds is 7. The zero-order valence-electron chi connectivity index (χ0n) is 15.9. The number of hydrogen-bond donors (Lipinski definition) is 2. The molecule has 0 aromatic heterocycles. The molecule has 138 valence electrons. The first-order chi connectivity index (χ1) is 12.3. The molecular formula is C21H27N3O2. The van der Waals surface area contributed by atoms with Crippen LogP contribution in [0.5, 0.6) is 0 Å². The predicted molar refractivity (Wildman–Crippen MR) is 106 cm³/mol. The zero-order valence-corrected chi connectivity index (χ0v) is 15.9. The number of azo groups is 1. The summed E-state index contributed by atoms with van der Waals surface area (Å²) in [4.78, 5) is 11.3. The molecule has 0 atom stereocenters. The molecule has 0 amide bonds. The number of nitrogen functional groups attached to an aromatic ring is 1. The van der Waals surface area contributed by atoms with Crippen LogP contribution in [0.3, 0.4) is 0 Å². The molecule has 2 aromatic rings. The van der Waals surface area contributed by atoms with E-state index in [2.05, 4.69) is 37.9 Å². The van der Waals surface area contributed by atoms with Crippen LogP contribution in [0.2, 0.25) is 0 Å². The van der Waals surface area contributed by atoms with E-state index >= 15 is 0 Å². The minimum Gasteiger partial charge on any atom is -0.478 e. The van der Waals surface area contributed by atoms with Crippen molar-refractivity contribution in [1.82, 2.24) is 0 Å². The van der Waals surface area contributed by atoms with Gasteiger partial charge in [-0.3, -0.25) is 0 Å². The highest BCUT2D eigenvalue weighted by Crippen LogP contribution is 2.30. The number of benzene rings is 2. The molecule has 2 aromatic carbocycles. The number of nitrogens with zero attached hydrogens (tertiary/aromatic N) is 2. The number of aromatic carboxylic acids is 1. The third-order valence-electron chi connectivity index (χ3n) is 4.00. The van der Waals surface area contributed by atoms with Gasteiger partial charge in [-0.1, -0.05) is 39.8 Å². The maximum atomic E-state index is 11.3. The molecule has 0 saturated carbocycles. The number of nitrogens with two attached hydrogens (primary N) is 1. The first kappa shape index (κ1) is 19.6. The molecule has 0 bridgehead atoms. The maximum absolute atomic E-state index is 11.3. The fourth-order valence-electron chi connectivity index (χ4n) is 2.89. The van der Waals surface area contributed by atoms with Gasteiger partial charge in [-0.2, -0.15) is 5.11 Å². The first-order valence-electron chi connectivity index (χ1n) is 8.93. The number of anilines is 1. The summed E-state index contributed by atoms with van der Waals surface area (Å²) >= 11 is 0. The van der Waals surface area contributed by atoms with Gasteiger partial charge in [-0.25, -0.2) is 4.79 Å². The van der Waals surface area contributed by atoms with Gasteiger partial charge >= 0.3 is 5.97 Å². The van der Waals surface area contributed by atoms with Crippen LogP contribution < -0.4 is 5.73 Å². The van der Waals surface area contributed by atoms with Gasteiger partial charge < -0.3 is 10.8 Å². The first-order valence-corrected chi connectivity index (χ1v) is 8.93. The van der Waals surface area contributed by atoms with Crippen LogP contribution in [0.4, 0.5) is 17.1 Å². The highest BCUT2D eigenvalue weighted by Gasteiger charge is 2.12. The van der Waals surface area contributed by atoms with Crippen molar-refractivity contribution in [1.29, 1.82) is 0 Å². The summed E-state index contributed by atoms with van der Waals surface area (Å²) in [5, 5.41) is 17.7. The fourth-order valence-corrected chi connectivity index (χ4v) is 2.89. The second kappa shape index (κ2) is 8.61. The molecule has 26 heavy (non-hydrogen) atoms. The lowest BCUT2D eigenvalue weighted by Gasteiger charge is -2.15. The summed E-state index contributed by atoms with van der Waals surface area (Å²) in [6.45, 7) is 8.61. The molecule has 0 unspecified atom stereocenters. The molecule has 0 fully saturated rings. The van der Waals surface area contributed by atoms with Crippen molar-refractivity contribution in [3.8, 4) is 0 Å². The van der Waals surface area contributed by atoms with Crippen LogP contribution >= 0.6 is 0 Å². The SMILES string of the molecule is CC(C)Cc1cc(N=Nc2ccccc2C(=O)O)cc(CC(C)C)c1N. The van der Waals surface area contributed by atoms with Crippen LogP contribution in [-0.4, -0.2) is 11.1 Å². The van der Waals surface area contributed by atoms with Gasteiger partial charge in [0.25, 0.3) is 0 Å². The van der Waals surface area contributed by atoms with Gasteiger partial charge in [0.1, 0.15) is 5.69 Å². The monoisotopic (exact) mass is 353 g/mol. The average Bonchev–Trinajstić information content (AvgIpc) is 2.56. The third kappa shape index (κ3) is 5.15. The van der Waals surface area contributed by atoms with Crippen molar-refractivity contribution in [3.63, 3.8) is 0 Å². The van der Waals surface area contributed by atoms with Gasteiger partial charge in [0.05, 0.1) is 11.3 Å². The van der Waals surface area contributed by atoms with Crippen LogP contribution in [-0.2, 0) is 12.8 Å². The summed E-state index contributed by atoms with van der Waals surface area (Å²) in [5.74, 6) is -0.0638. The summed E-state index contributed by atoms with van der Waals surface area (Å²) in [7, 11) is 0. The highest BCUT2D eigenvalue weighted by molar-refractivity contribution is 5.93. The van der Waals surface area contributed by atoms with Crippen LogP contribution in [0.1, 0.15) is 49.2 Å². The van der Waals surface area contributed by atoms with Crippen molar-refractivity contribution < 1.29 is 9.90 Å². The lowest BCUT2D eigenvalue weighted by Crippen LogP contribution is -2.05. The van der Waals surface area contributed by atoms with E-state index in [0.717, 1.165) is 29.7 Å². The van der Waals surface area contributed by atoms with Crippen LogP contribution in [0.25, 0.3) is 0 Å². The Hall–Kier alpha value is -2.69. The Morgan fingerprint density at radius 1 is 1.00 bits per heavy atom. The van der Waals surface area contributed by atoms with Crippen molar-refractivity contribution in [2.75, 3.05) is 5.73 Å². The third-order valence-corrected chi connectivity index (χ3v) is 4.00. The van der Waals surface area contributed by atoms with Gasteiger partial charge in [-0.15, -0.1) is 5.11 Å². The number of hydrogen-bond acceptors (Lipinski definition) is 4. The Balaban J connectivity index is 2.44. The van der Waals surface area contributed by atoms with E-state index < -0.39 is 5.97 Å². The van der Waals surface area contributed by atoms with E-state index in [1.807, 2.05) is 12.1 Å². The lowest BCUT2D eigenvalue weighted by molar-refractivity contribution is 0.0697.